The highest BCUT2D eigenvalue weighted by atomic mass is 16.2. The molecule has 0 spiro atoms. The van der Waals surface area contributed by atoms with Crippen molar-refractivity contribution in [2.45, 2.75) is 65.1 Å². The standard InChI is InChI=1S/C23H37N5O/c1-3-22(29)28-15-12-21(18-28)26-23(24-4-2)25-16-19-8-10-20(11-9-19)17-27-13-6-5-7-14-27/h8-11,21H,3-7,12-18H2,1-2H3,(H2,24,25,26). The van der Waals surface area contributed by atoms with Crippen molar-refractivity contribution in [3.05, 3.63) is 35.4 Å². The fourth-order valence-corrected chi connectivity index (χ4v) is 4.14. The fourth-order valence-electron chi connectivity index (χ4n) is 4.14. The first-order valence-corrected chi connectivity index (χ1v) is 11.3. The van der Waals surface area contributed by atoms with Gasteiger partial charge in [0, 0.05) is 38.6 Å². The zero-order valence-electron chi connectivity index (χ0n) is 18.1. The Kier molecular flexibility index (Phi) is 8.35. The van der Waals surface area contributed by atoms with Crippen LogP contribution in [0.3, 0.4) is 0 Å². The Morgan fingerprint density at radius 3 is 2.48 bits per heavy atom. The smallest absolute Gasteiger partial charge is 0.222 e. The van der Waals surface area contributed by atoms with E-state index >= 15 is 0 Å². The van der Waals surface area contributed by atoms with Crippen LogP contribution in [-0.4, -0.2) is 60.4 Å². The number of piperidine rings is 1. The van der Waals surface area contributed by atoms with Crippen LogP contribution in [0.25, 0.3) is 0 Å². The molecule has 3 rings (SSSR count). The molecule has 2 saturated heterocycles. The van der Waals surface area contributed by atoms with Gasteiger partial charge in [-0.05, 0) is 50.4 Å². The van der Waals surface area contributed by atoms with Gasteiger partial charge in [0.2, 0.25) is 5.91 Å². The van der Waals surface area contributed by atoms with Gasteiger partial charge >= 0.3 is 0 Å². The summed E-state index contributed by atoms with van der Waals surface area (Å²) in [5, 5.41) is 6.83. The molecular weight excluding hydrogens is 362 g/mol. The van der Waals surface area contributed by atoms with Gasteiger partial charge in [-0.25, -0.2) is 4.99 Å². The molecule has 6 heteroatoms. The molecule has 1 aromatic carbocycles. The molecule has 160 valence electrons. The second-order valence-electron chi connectivity index (χ2n) is 8.17. The zero-order chi connectivity index (χ0) is 20.5. The Morgan fingerprint density at radius 1 is 1.07 bits per heavy atom. The molecule has 0 radical (unpaired) electrons. The summed E-state index contributed by atoms with van der Waals surface area (Å²) in [6.07, 6.45) is 5.59. The number of aliphatic imine (C=N–C) groups is 1. The first-order valence-electron chi connectivity index (χ1n) is 11.3. The van der Waals surface area contributed by atoms with Gasteiger partial charge in [-0.2, -0.15) is 0 Å². The van der Waals surface area contributed by atoms with Crippen LogP contribution in [0, 0.1) is 0 Å². The lowest BCUT2D eigenvalue weighted by Gasteiger charge is -2.26. The second kappa shape index (κ2) is 11.2. The SMILES string of the molecule is CCNC(=NCc1ccc(CN2CCCCC2)cc1)NC1CCN(C(=O)CC)C1. The second-order valence-corrected chi connectivity index (χ2v) is 8.17. The fraction of sp³-hybridized carbons (Fsp3) is 0.652. The van der Waals surface area contributed by atoms with Crippen LogP contribution >= 0.6 is 0 Å². The van der Waals surface area contributed by atoms with E-state index in [0.29, 0.717) is 13.0 Å². The predicted octanol–water partition coefficient (Wildman–Crippen LogP) is 2.74. The summed E-state index contributed by atoms with van der Waals surface area (Å²) in [6.45, 7) is 10.6. The highest BCUT2D eigenvalue weighted by Crippen LogP contribution is 2.14. The molecule has 1 amide bonds. The maximum atomic E-state index is 11.9. The van der Waals surface area contributed by atoms with Gasteiger partial charge < -0.3 is 15.5 Å². The number of hydrogen-bond acceptors (Lipinski definition) is 3. The molecule has 1 atom stereocenters. The Labute approximate surface area is 175 Å². The van der Waals surface area contributed by atoms with Crippen LogP contribution in [0.5, 0.6) is 0 Å². The number of guanidine groups is 1. The molecule has 0 aromatic heterocycles. The Morgan fingerprint density at radius 2 is 1.79 bits per heavy atom. The number of amides is 1. The lowest BCUT2D eigenvalue weighted by Crippen LogP contribution is -2.45. The Hall–Kier alpha value is -2.08. The highest BCUT2D eigenvalue weighted by Gasteiger charge is 2.25. The lowest BCUT2D eigenvalue weighted by atomic mass is 10.1. The number of carbonyl (C=O) groups is 1. The van der Waals surface area contributed by atoms with E-state index in [-0.39, 0.29) is 11.9 Å². The first kappa shape index (κ1) is 21.6. The lowest BCUT2D eigenvalue weighted by molar-refractivity contribution is -0.129. The van der Waals surface area contributed by atoms with E-state index in [1.165, 1.54) is 43.5 Å². The predicted molar refractivity (Wildman–Crippen MR) is 119 cm³/mol. The van der Waals surface area contributed by atoms with Crippen LogP contribution in [0.4, 0.5) is 0 Å². The van der Waals surface area contributed by atoms with E-state index in [1.54, 1.807) is 0 Å². The van der Waals surface area contributed by atoms with Gasteiger partial charge in [-0.1, -0.05) is 37.6 Å². The van der Waals surface area contributed by atoms with E-state index < -0.39 is 0 Å². The van der Waals surface area contributed by atoms with Crippen molar-refractivity contribution in [1.82, 2.24) is 20.4 Å². The van der Waals surface area contributed by atoms with Crippen molar-refractivity contribution in [2.75, 3.05) is 32.7 Å². The number of likely N-dealkylation sites (tertiary alicyclic amines) is 2. The maximum Gasteiger partial charge on any atom is 0.222 e. The molecule has 1 aromatic rings. The minimum Gasteiger partial charge on any atom is -0.357 e. The first-order chi connectivity index (χ1) is 14.2. The zero-order valence-corrected chi connectivity index (χ0v) is 18.1. The van der Waals surface area contributed by atoms with Crippen LogP contribution in [0.2, 0.25) is 0 Å². The topological polar surface area (TPSA) is 60.0 Å². The Balaban J connectivity index is 1.51. The third-order valence-corrected chi connectivity index (χ3v) is 5.83. The van der Waals surface area contributed by atoms with E-state index in [1.807, 2.05) is 11.8 Å². The van der Waals surface area contributed by atoms with Gasteiger partial charge in [-0.3, -0.25) is 9.69 Å². The molecule has 29 heavy (non-hydrogen) atoms. The molecule has 2 fully saturated rings. The number of rotatable bonds is 7. The molecule has 2 aliphatic rings. The molecule has 2 aliphatic heterocycles. The van der Waals surface area contributed by atoms with Crippen LogP contribution in [0.1, 0.15) is 57.1 Å². The van der Waals surface area contributed by atoms with E-state index in [2.05, 4.69) is 46.7 Å². The van der Waals surface area contributed by atoms with Crippen molar-refractivity contribution in [3.8, 4) is 0 Å². The summed E-state index contributed by atoms with van der Waals surface area (Å²) in [6, 6.07) is 9.15. The average molecular weight is 400 g/mol. The maximum absolute atomic E-state index is 11.9. The summed E-state index contributed by atoms with van der Waals surface area (Å²) in [4.78, 5) is 21.1. The van der Waals surface area contributed by atoms with Gasteiger partial charge in [0.05, 0.1) is 6.54 Å². The van der Waals surface area contributed by atoms with Crippen LogP contribution in [0.15, 0.2) is 29.3 Å². The quantitative estimate of drug-likeness (QED) is 0.547. The third-order valence-electron chi connectivity index (χ3n) is 5.83. The van der Waals surface area contributed by atoms with Crippen LogP contribution in [-0.2, 0) is 17.9 Å². The van der Waals surface area contributed by atoms with Gasteiger partial charge in [0.15, 0.2) is 5.96 Å². The summed E-state index contributed by atoms with van der Waals surface area (Å²) in [5.74, 6) is 1.07. The van der Waals surface area contributed by atoms with Crippen molar-refractivity contribution in [3.63, 3.8) is 0 Å². The molecular formula is C23H37N5O. The van der Waals surface area contributed by atoms with E-state index in [9.17, 15) is 4.79 Å². The third kappa shape index (κ3) is 6.74. The normalized spacial score (nSPS) is 20.7. The van der Waals surface area contributed by atoms with Crippen molar-refractivity contribution < 1.29 is 4.79 Å². The number of carbonyl (C=O) groups excluding carboxylic acids is 1. The number of benzene rings is 1. The molecule has 6 nitrogen and oxygen atoms in total. The van der Waals surface area contributed by atoms with Crippen molar-refractivity contribution in [2.24, 2.45) is 4.99 Å². The number of hydrogen-bond donors (Lipinski definition) is 2. The van der Waals surface area contributed by atoms with Crippen molar-refractivity contribution in [1.29, 1.82) is 0 Å². The van der Waals surface area contributed by atoms with E-state index in [4.69, 9.17) is 4.99 Å². The van der Waals surface area contributed by atoms with Crippen molar-refractivity contribution >= 4 is 11.9 Å². The average Bonchev–Trinajstić information content (AvgIpc) is 3.22. The summed E-state index contributed by atoms with van der Waals surface area (Å²) in [5.41, 5.74) is 2.61. The highest BCUT2D eigenvalue weighted by molar-refractivity contribution is 5.80. The number of nitrogens with zero attached hydrogens (tertiary/aromatic N) is 3. The molecule has 2 heterocycles. The summed E-state index contributed by atoms with van der Waals surface area (Å²) < 4.78 is 0. The molecule has 0 aliphatic carbocycles. The largest absolute Gasteiger partial charge is 0.357 e. The van der Waals surface area contributed by atoms with E-state index in [0.717, 1.165) is 38.6 Å². The van der Waals surface area contributed by atoms with Gasteiger partial charge in [0.25, 0.3) is 0 Å². The van der Waals surface area contributed by atoms with Crippen LogP contribution < -0.4 is 10.6 Å². The summed E-state index contributed by atoms with van der Waals surface area (Å²) in [7, 11) is 0. The number of nitrogens with one attached hydrogen (secondary N) is 2. The van der Waals surface area contributed by atoms with Gasteiger partial charge in [-0.15, -0.1) is 0 Å². The minimum atomic E-state index is 0.237. The molecule has 0 saturated carbocycles. The molecule has 0 bridgehead atoms. The van der Waals surface area contributed by atoms with Gasteiger partial charge in [0.1, 0.15) is 0 Å². The minimum absolute atomic E-state index is 0.237. The summed E-state index contributed by atoms with van der Waals surface area (Å²) >= 11 is 0. The monoisotopic (exact) mass is 399 g/mol. The molecule has 1 unspecified atom stereocenters. The molecule has 2 N–H and O–H groups in total. The Bertz CT molecular complexity index is 666.